The van der Waals surface area contributed by atoms with Gasteiger partial charge in [0.25, 0.3) is 11.6 Å². The summed E-state index contributed by atoms with van der Waals surface area (Å²) in [6.45, 7) is 0.441. The summed E-state index contributed by atoms with van der Waals surface area (Å²) in [6.07, 6.45) is 3.83. The lowest BCUT2D eigenvalue weighted by atomic mass is 10.2. The largest absolute Gasteiger partial charge is 0.279 e. The van der Waals surface area contributed by atoms with Crippen LogP contribution in [-0.4, -0.2) is 28.2 Å². The van der Waals surface area contributed by atoms with Crippen molar-refractivity contribution >= 4 is 23.6 Å². The fraction of sp³-hybridized carbons (Fsp3) is 0.231. The Morgan fingerprint density at radius 3 is 2.84 bits per heavy atom. The van der Waals surface area contributed by atoms with E-state index in [4.69, 9.17) is 0 Å². The Morgan fingerprint density at radius 1 is 1.42 bits per heavy atom. The number of non-ortho nitro benzene ring substituents is 1. The number of nitrogens with zero attached hydrogens (tertiary/aromatic N) is 2. The molecule has 0 aromatic heterocycles. The van der Waals surface area contributed by atoms with Crippen molar-refractivity contribution in [3.63, 3.8) is 0 Å². The van der Waals surface area contributed by atoms with Crippen molar-refractivity contribution in [2.75, 3.05) is 6.54 Å². The maximum absolute atomic E-state index is 11.7. The minimum atomic E-state index is -0.497. The fourth-order valence-corrected chi connectivity index (χ4v) is 1.88. The van der Waals surface area contributed by atoms with Gasteiger partial charge in [0.1, 0.15) is 0 Å². The van der Waals surface area contributed by atoms with Crippen LogP contribution in [0.1, 0.15) is 18.4 Å². The lowest BCUT2D eigenvalue weighted by Crippen LogP contribution is -2.30. The van der Waals surface area contributed by atoms with E-state index >= 15 is 0 Å². The van der Waals surface area contributed by atoms with E-state index in [1.807, 2.05) is 0 Å². The van der Waals surface area contributed by atoms with Crippen molar-refractivity contribution in [1.29, 1.82) is 0 Å². The molecular weight excluding hydrogens is 248 g/mol. The molecular formula is C13H12N2O4. The van der Waals surface area contributed by atoms with Gasteiger partial charge in [-0.05, 0) is 18.1 Å². The van der Waals surface area contributed by atoms with Gasteiger partial charge < -0.3 is 0 Å². The monoisotopic (exact) mass is 260 g/mol. The van der Waals surface area contributed by atoms with Gasteiger partial charge in [-0.1, -0.05) is 12.1 Å². The Kier molecular flexibility index (Phi) is 3.70. The second kappa shape index (κ2) is 5.43. The van der Waals surface area contributed by atoms with E-state index in [1.165, 1.54) is 29.2 Å². The van der Waals surface area contributed by atoms with Crippen LogP contribution in [0.2, 0.25) is 0 Å². The van der Waals surface area contributed by atoms with Crippen LogP contribution in [-0.2, 0) is 9.59 Å². The SMILES string of the molecule is O=C(/C=C/c1cccc([N+](=O)[O-])c1)N1CCCC1=O. The zero-order valence-electron chi connectivity index (χ0n) is 10.1. The van der Waals surface area contributed by atoms with E-state index in [1.54, 1.807) is 12.1 Å². The van der Waals surface area contributed by atoms with Crippen molar-refractivity contribution in [3.8, 4) is 0 Å². The van der Waals surface area contributed by atoms with Gasteiger partial charge in [-0.25, -0.2) is 0 Å². The van der Waals surface area contributed by atoms with Crippen molar-refractivity contribution in [2.45, 2.75) is 12.8 Å². The summed E-state index contributed by atoms with van der Waals surface area (Å²) in [5.74, 6) is -0.553. The first-order valence-electron chi connectivity index (χ1n) is 5.85. The average Bonchev–Trinajstić information content (AvgIpc) is 2.82. The number of benzene rings is 1. The van der Waals surface area contributed by atoms with Crippen molar-refractivity contribution in [2.24, 2.45) is 0 Å². The maximum atomic E-state index is 11.7. The Hall–Kier alpha value is -2.50. The average molecular weight is 260 g/mol. The van der Waals surface area contributed by atoms with Gasteiger partial charge in [-0.3, -0.25) is 24.6 Å². The number of likely N-dealkylation sites (tertiary alicyclic amines) is 1. The summed E-state index contributed by atoms with van der Waals surface area (Å²) in [6, 6.07) is 5.95. The Labute approximate surface area is 109 Å². The summed E-state index contributed by atoms with van der Waals surface area (Å²) in [5, 5.41) is 10.6. The number of rotatable bonds is 3. The highest BCUT2D eigenvalue weighted by Crippen LogP contribution is 2.15. The highest BCUT2D eigenvalue weighted by atomic mass is 16.6. The van der Waals surface area contributed by atoms with E-state index in [-0.39, 0.29) is 17.5 Å². The normalized spacial score (nSPS) is 15.2. The molecule has 2 amide bonds. The first-order chi connectivity index (χ1) is 9.08. The summed E-state index contributed by atoms with van der Waals surface area (Å²) in [4.78, 5) is 34.4. The molecule has 0 bridgehead atoms. The Bertz CT molecular complexity index is 566. The number of carbonyl (C=O) groups excluding carboxylic acids is 2. The standard InChI is InChI=1S/C13H12N2O4/c16-12-5-2-8-14(12)13(17)7-6-10-3-1-4-11(9-10)15(18)19/h1,3-4,6-7,9H,2,5,8H2/b7-6+. The van der Waals surface area contributed by atoms with Crippen LogP contribution < -0.4 is 0 Å². The molecule has 2 rings (SSSR count). The molecule has 1 aromatic carbocycles. The molecule has 1 aliphatic heterocycles. The molecule has 98 valence electrons. The van der Waals surface area contributed by atoms with Crippen LogP contribution in [0.15, 0.2) is 30.3 Å². The third-order valence-electron chi connectivity index (χ3n) is 2.84. The number of amides is 2. The zero-order valence-corrected chi connectivity index (χ0v) is 10.1. The highest BCUT2D eigenvalue weighted by Gasteiger charge is 2.24. The molecule has 19 heavy (non-hydrogen) atoms. The lowest BCUT2D eigenvalue weighted by Gasteiger charge is -2.09. The van der Waals surface area contributed by atoms with Crippen LogP contribution in [0.5, 0.6) is 0 Å². The molecule has 0 N–H and O–H groups in total. The summed E-state index contributed by atoms with van der Waals surface area (Å²) < 4.78 is 0. The maximum Gasteiger partial charge on any atom is 0.270 e. The second-order valence-electron chi connectivity index (χ2n) is 4.17. The number of carbonyl (C=O) groups is 2. The van der Waals surface area contributed by atoms with E-state index < -0.39 is 4.92 Å². The van der Waals surface area contributed by atoms with Crippen molar-refractivity contribution < 1.29 is 14.5 Å². The van der Waals surface area contributed by atoms with Gasteiger partial charge in [0.05, 0.1) is 4.92 Å². The molecule has 1 saturated heterocycles. The zero-order chi connectivity index (χ0) is 13.8. The van der Waals surface area contributed by atoms with Crippen molar-refractivity contribution in [1.82, 2.24) is 4.90 Å². The number of nitro groups is 1. The van der Waals surface area contributed by atoms with Gasteiger partial charge >= 0.3 is 0 Å². The molecule has 0 atom stereocenters. The third-order valence-corrected chi connectivity index (χ3v) is 2.84. The smallest absolute Gasteiger partial charge is 0.270 e. The molecule has 0 unspecified atom stereocenters. The predicted molar refractivity (Wildman–Crippen MR) is 68.1 cm³/mol. The van der Waals surface area contributed by atoms with Gasteiger partial charge in [-0.2, -0.15) is 0 Å². The Balaban J connectivity index is 2.10. The van der Waals surface area contributed by atoms with Crippen LogP contribution in [0.3, 0.4) is 0 Å². The minimum absolute atomic E-state index is 0.0353. The molecule has 1 fully saturated rings. The van der Waals surface area contributed by atoms with E-state index in [0.717, 1.165) is 0 Å². The molecule has 1 heterocycles. The van der Waals surface area contributed by atoms with E-state index in [2.05, 4.69) is 0 Å². The van der Waals surface area contributed by atoms with Crippen LogP contribution in [0.25, 0.3) is 6.08 Å². The molecule has 6 heteroatoms. The fourth-order valence-electron chi connectivity index (χ4n) is 1.88. The number of nitro benzene ring substituents is 1. The van der Waals surface area contributed by atoms with E-state index in [0.29, 0.717) is 24.9 Å². The molecule has 0 saturated carbocycles. The van der Waals surface area contributed by atoms with Crippen LogP contribution in [0, 0.1) is 10.1 Å². The summed E-state index contributed by atoms with van der Waals surface area (Å²) >= 11 is 0. The number of hydrogen-bond donors (Lipinski definition) is 0. The molecule has 0 radical (unpaired) electrons. The third kappa shape index (κ3) is 3.04. The number of imide groups is 1. The van der Waals surface area contributed by atoms with Crippen LogP contribution in [0.4, 0.5) is 5.69 Å². The van der Waals surface area contributed by atoms with Gasteiger partial charge in [0.15, 0.2) is 0 Å². The van der Waals surface area contributed by atoms with E-state index in [9.17, 15) is 19.7 Å². The summed E-state index contributed by atoms with van der Waals surface area (Å²) in [5.41, 5.74) is 0.515. The molecule has 1 aromatic rings. The van der Waals surface area contributed by atoms with Crippen LogP contribution >= 0.6 is 0 Å². The number of hydrogen-bond acceptors (Lipinski definition) is 4. The minimum Gasteiger partial charge on any atom is -0.279 e. The highest BCUT2D eigenvalue weighted by molar-refractivity contribution is 6.03. The van der Waals surface area contributed by atoms with Gasteiger partial charge in [0.2, 0.25) is 5.91 Å². The van der Waals surface area contributed by atoms with Gasteiger partial charge in [0, 0.05) is 31.2 Å². The molecule has 1 aliphatic rings. The second-order valence-corrected chi connectivity index (χ2v) is 4.17. The topological polar surface area (TPSA) is 80.5 Å². The first kappa shape index (κ1) is 12.9. The first-order valence-corrected chi connectivity index (χ1v) is 5.85. The molecule has 6 nitrogen and oxygen atoms in total. The van der Waals surface area contributed by atoms with Gasteiger partial charge in [-0.15, -0.1) is 0 Å². The van der Waals surface area contributed by atoms with Crippen molar-refractivity contribution in [3.05, 3.63) is 46.0 Å². The predicted octanol–water partition coefficient (Wildman–Crippen LogP) is 1.76. The Morgan fingerprint density at radius 2 is 2.21 bits per heavy atom. The summed E-state index contributed by atoms with van der Waals surface area (Å²) in [7, 11) is 0. The lowest BCUT2D eigenvalue weighted by molar-refractivity contribution is -0.384. The molecule has 0 spiro atoms. The quantitative estimate of drug-likeness (QED) is 0.471. The molecule has 0 aliphatic carbocycles.